The van der Waals surface area contributed by atoms with Crippen LogP contribution in [0.5, 0.6) is 0 Å². The SMILES string of the molecule is CCNCCc1nnc(-c2c(F)cc(Br)cc2F)o1. The molecule has 2 rings (SSSR count). The summed E-state index contributed by atoms with van der Waals surface area (Å²) in [7, 11) is 0. The largest absolute Gasteiger partial charge is 0.420 e. The number of aromatic nitrogens is 2. The summed E-state index contributed by atoms with van der Waals surface area (Å²) < 4.78 is 33.0. The van der Waals surface area contributed by atoms with Gasteiger partial charge in [-0.15, -0.1) is 10.2 Å². The molecule has 0 aliphatic heterocycles. The fourth-order valence-corrected chi connectivity index (χ4v) is 1.98. The monoisotopic (exact) mass is 331 g/mol. The summed E-state index contributed by atoms with van der Waals surface area (Å²) in [5.41, 5.74) is -0.301. The molecular formula is C12H12BrF2N3O. The van der Waals surface area contributed by atoms with Crippen molar-refractivity contribution in [3.63, 3.8) is 0 Å². The van der Waals surface area contributed by atoms with Crippen LogP contribution in [0.2, 0.25) is 0 Å². The van der Waals surface area contributed by atoms with Crippen LogP contribution in [0.25, 0.3) is 11.5 Å². The molecule has 0 radical (unpaired) electrons. The molecule has 102 valence electrons. The van der Waals surface area contributed by atoms with Gasteiger partial charge in [0.1, 0.15) is 17.2 Å². The average molecular weight is 332 g/mol. The fraction of sp³-hybridized carbons (Fsp3) is 0.333. The lowest BCUT2D eigenvalue weighted by Crippen LogP contribution is -2.16. The molecule has 0 atom stereocenters. The highest BCUT2D eigenvalue weighted by Gasteiger charge is 2.18. The van der Waals surface area contributed by atoms with Crippen molar-refractivity contribution in [2.45, 2.75) is 13.3 Å². The van der Waals surface area contributed by atoms with Crippen molar-refractivity contribution >= 4 is 15.9 Å². The molecule has 1 heterocycles. The van der Waals surface area contributed by atoms with E-state index in [9.17, 15) is 8.78 Å². The van der Waals surface area contributed by atoms with Crippen LogP contribution in [0.1, 0.15) is 12.8 Å². The Kier molecular flexibility index (Phi) is 4.60. The fourth-order valence-electron chi connectivity index (χ4n) is 1.57. The molecule has 0 bridgehead atoms. The Morgan fingerprint density at radius 3 is 2.58 bits per heavy atom. The normalized spacial score (nSPS) is 10.9. The van der Waals surface area contributed by atoms with Crippen LogP contribution in [-0.4, -0.2) is 23.3 Å². The van der Waals surface area contributed by atoms with Gasteiger partial charge in [0.15, 0.2) is 0 Å². The van der Waals surface area contributed by atoms with Crippen molar-refractivity contribution in [1.82, 2.24) is 15.5 Å². The maximum Gasteiger partial charge on any atom is 0.253 e. The van der Waals surface area contributed by atoms with Gasteiger partial charge in [0, 0.05) is 17.4 Å². The zero-order valence-corrected chi connectivity index (χ0v) is 11.8. The molecule has 19 heavy (non-hydrogen) atoms. The minimum atomic E-state index is -0.742. The van der Waals surface area contributed by atoms with E-state index >= 15 is 0 Å². The van der Waals surface area contributed by atoms with E-state index in [1.54, 1.807) is 0 Å². The third kappa shape index (κ3) is 3.36. The van der Waals surface area contributed by atoms with Gasteiger partial charge in [-0.3, -0.25) is 0 Å². The van der Waals surface area contributed by atoms with E-state index in [1.165, 1.54) is 0 Å². The molecule has 0 spiro atoms. The van der Waals surface area contributed by atoms with Gasteiger partial charge in [0.05, 0.1) is 0 Å². The smallest absolute Gasteiger partial charge is 0.253 e. The number of halogens is 3. The Hall–Kier alpha value is -1.34. The molecule has 0 saturated heterocycles. The van der Waals surface area contributed by atoms with Crippen LogP contribution in [0.3, 0.4) is 0 Å². The molecule has 0 fully saturated rings. The number of likely N-dealkylation sites (N-methyl/N-ethyl adjacent to an activating group) is 1. The Morgan fingerprint density at radius 2 is 1.95 bits per heavy atom. The molecule has 1 N–H and O–H groups in total. The Balaban J connectivity index is 2.23. The highest BCUT2D eigenvalue weighted by atomic mass is 79.9. The number of rotatable bonds is 5. The second kappa shape index (κ2) is 6.21. The quantitative estimate of drug-likeness (QED) is 0.856. The van der Waals surface area contributed by atoms with Crippen LogP contribution in [-0.2, 0) is 6.42 Å². The lowest BCUT2D eigenvalue weighted by atomic mass is 10.2. The van der Waals surface area contributed by atoms with Gasteiger partial charge in [-0.25, -0.2) is 8.78 Å². The van der Waals surface area contributed by atoms with Gasteiger partial charge in [-0.1, -0.05) is 22.9 Å². The van der Waals surface area contributed by atoms with Crippen LogP contribution in [0.4, 0.5) is 8.78 Å². The van der Waals surface area contributed by atoms with E-state index in [0.29, 0.717) is 23.3 Å². The summed E-state index contributed by atoms with van der Waals surface area (Å²) in [5, 5.41) is 10.5. The topological polar surface area (TPSA) is 51.0 Å². The van der Waals surface area contributed by atoms with E-state index < -0.39 is 11.6 Å². The minimum absolute atomic E-state index is 0.144. The molecule has 1 aromatic heterocycles. The van der Waals surface area contributed by atoms with Gasteiger partial charge in [0.25, 0.3) is 5.89 Å². The molecule has 1 aromatic carbocycles. The van der Waals surface area contributed by atoms with Gasteiger partial charge in [-0.2, -0.15) is 0 Å². The second-order valence-electron chi connectivity index (χ2n) is 3.85. The van der Waals surface area contributed by atoms with Crippen molar-refractivity contribution in [2.24, 2.45) is 0 Å². The molecule has 4 nitrogen and oxygen atoms in total. The molecule has 0 aliphatic carbocycles. The van der Waals surface area contributed by atoms with Crippen molar-refractivity contribution in [1.29, 1.82) is 0 Å². The van der Waals surface area contributed by atoms with Crippen LogP contribution in [0.15, 0.2) is 21.0 Å². The third-order valence-corrected chi connectivity index (χ3v) is 2.91. The third-order valence-electron chi connectivity index (χ3n) is 2.45. The Labute approximate surface area is 117 Å². The number of hydrogen-bond donors (Lipinski definition) is 1. The van der Waals surface area contributed by atoms with Gasteiger partial charge < -0.3 is 9.73 Å². The first-order chi connectivity index (χ1) is 9.11. The van der Waals surface area contributed by atoms with E-state index in [2.05, 4.69) is 31.4 Å². The zero-order chi connectivity index (χ0) is 13.8. The Morgan fingerprint density at radius 1 is 1.26 bits per heavy atom. The lowest BCUT2D eigenvalue weighted by molar-refractivity contribution is 0.487. The maximum absolute atomic E-state index is 13.7. The van der Waals surface area contributed by atoms with E-state index in [4.69, 9.17) is 4.42 Å². The second-order valence-corrected chi connectivity index (χ2v) is 4.76. The number of nitrogens with one attached hydrogen (secondary N) is 1. The van der Waals surface area contributed by atoms with E-state index in [-0.39, 0.29) is 11.5 Å². The summed E-state index contributed by atoms with van der Waals surface area (Å²) in [4.78, 5) is 0. The first-order valence-corrected chi connectivity index (χ1v) is 6.59. The van der Waals surface area contributed by atoms with Crippen LogP contribution >= 0.6 is 15.9 Å². The van der Waals surface area contributed by atoms with Crippen molar-refractivity contribution in [3.05, 3.63) is 34.1 Å². The molecule has 2 aromatic rings. The van der Waals surface area contributed by atoms with Crippen LogP contribution < -0.4 is 5.32 Å². The molecular weight excluding hydrogens is 320 g/mol. The maximum atomic E-state index is 13.7. The standard InChI is InChI=1S/C12H12BrF2N3O/c1-2-16-4-3-10-17-18-12(19-10)11-8(14)5-7(13)6-9(11)15/h5-6,16H,2-4H2,1H3. The molecule has 0 aliphatic rings. The molecule has 0 saturated carbocycles. The lowest BCUT2D eigenvalue weighted by Gasteiger charge is -2.01. The van der Waals surface area contributed by atoms with Gasteiger partial charge >= 0.3 is 0 Å². The summed E-state index contributed by atoms with van der Waals surface area (Å²) in [6.45, 7) is 3.48. The zero-order valence-electron chi connectivity index (χ0n) is 10.2. The average Bonchev–Trinajstić information content (AvgIpc) is 2.76. The molecule has 0 unspecified atom stereocenters. The summed E-state index contributed by atoms with van der Waals surface area (Å²) in [6, 6.07) is 2.31. The first-order valence-electron chi connectivity index (χ1n) is 5.79. The summed E-state index contributed by atoms with van der Waals surface area (Å²) in [5.74, 6) is -1.28. The Bertz CT molecular complexity index is 551. The first kappa shape index (κ1) is 14.1. The summed E-state index contributed by atoms with van der Waals surface area (Å²) in [6.07, 6.45) is 0.514. The number of benzene rings is 1. The van der Waals surface area contributed by atoms with Gasteiger partial charge in [0.2, 0.25) is 5.89 Å². The predicted molar refractivity (Wildman–Crippen MR) is 69.6 cm³/mol. The van der Waals surface area contributed by atoms with E-state index in [0.717, 1.165) is 18.7 Å². The summed E-state index contributed by atoms with van der Waals surface area (Å²) >= 11 is 3.01. The van der Waals surface area contributed by atoms with Crippen molar-refractivity contribution in [2.75, 3.05) is 13.1 Å². The number of hydrogen-bond acceptors (Lipinski definition) is 4. The van der Waals surface area contributed by atoms with E-state index in [1.807, 2.05) is 6.92 Å². The van der Waals surface area contributed by atoms with Gasteiger partial charge in [-0.05, 0) is 18.7 Å². The van der Waals surface area contributed by atoms with Crippen molar-refractivity contribution < 1.29 is 13.2 Å². The number of nitrogens with zero attached hydrogens (tertiary/aromatic N) is 2. The molecule has 0 amide bonds. The van der Waals surface area contributed by atoms with Crippen LogP contribution in [0, 0.1) is 11.6 Å². The predicted octanol–water partition coefficient (Wildman–Crippen LogP) is 2.93. The highest BCUT2D eigenvalue weighted by molar-refractivity contribution is 9.10. The highest BCUT2D eigenvalue weighted by Crippen LogP contribution is 2.28. The molecule has 7 heteroatoms. The van der Waals surface area contributed by atoms with Crippen molar-refractivity contribution in [3.8, 4) is 11.5 Å². The minimum Gasteiger partial charge on any atom is -0.420 e.